The minimum Gasteiger partial charge on any atom is -0.444 e. The van der Waals surface area contributed by atoms with E-state index in [9.17, 15) is 4.79 Å². The first-order valence-corrected chi connectivity index (χ1v) is 13.3. The minimum atomic E-state index is -0.511. The largest absolute Gasteiger partial charge is 0.444 e. The number of nitrogens with zero attached hydrogens (tertiary/aromatic N) is 6. The molecule has 4 aromatic rings. The van der Waals surface area contributed by atoms with Gasteiger partial charge in [-0.25, -0.2) is 24.4 Å². The van der Waals surface area contributed by atoms with Crippen LogP contribution in [0.25, 0.3) is 16.8 Å². The summed E-state index contributed by atoms with van der Waals surface area (Å²) in [6.07, 6.45) is 8.86. The Labute approximate surface area is 226 Å². The van der Waals surface area contributed by atoms with Crippen LogP contribution in [0.15, 0.2) is 47.5 Å². The third-order valence-electron chi connectivity index (χ3n) is 6.43. The van der Waals surface area contributed by atoms with Gasteiger partial charge in [-0.2, -0.15) is 5.10 Å². The van der Waals surface area contributed by atoms with E-state index in [0.29, 0.717) is 40.8 Å². The van der Waals surface area contributed by atoms with Crippen molar-refractivity contribution in [2.45, 2.75) is 64.5 Å². The zero-order valence-corrected chi connectivity index (χ0v) is 22.6. The van der Waals surface area contributed by atoms with Crippen molar-refractivity contribution >= 4 is 34.6 Å². The maximum Gasteiger partial charge on any atom is 0.410 e. The van der Waals surface area contributed by atoms with Crippen molar-refractivity contribution in [1.29, 1.82) is 0 Å². The van der Waals surface area contributed by atoms with E-state index < -0.39 is 5.60 Å². The second-order valence-electron chi connectivity index (χ2n) is 10.4. The molecule has 38 heavy (non-hydrogen) atoms. The number of halogens is 1. The molecular formula is C27H32ClN7O3. The Balaban J connectivity index is 1.28. The summed E-state index contributed by atoms with van der Waals surface area (Å²) in [6, 6.07) is 7.52. The van der Waals surface area contributed by atoms with Crippen molar-refractivity contribution in [3.63, 3.8) is 0 Å². The van der Waals surface area contributed by atoms with Crippen molar-refractivity contribution in [3.8, 4) is 5.69 Å². The number of rotatable bonds is 7. The number of oxazole rings is 1. The molecule has 1 atom stereocenters. The first-order valence-electron chi connectivity index (χ1n) is 12.9. The lowest BCUT2D eigenvalue weighted by Gasteiger charge is -2.36. The summed E-state index contributed by atoms with van der Waals surface area (Å²) < 4.78 is 13.4. The number of piperidine rings is 1. The molecule has 0 saturated carbocycles. The maximum atomic E-state index is 12.7. The van der Waals surface area contributed by atoms with Gasteiger partial charge in [0.2, 0.25) is 0 Å². The van der Waals surface area contributed by atoms with Gasteiger partial charge in [0.15, 0.2) is 22.8 Å². The number of hydrogen-bond donors (Lipinski definition) is 1. The van der Waals surface area contributed by atoms with E-state index >= 15 is 0 Å². The molecule has 1 amide bonds. The van der Waals surface area contributed by atoms with Crippen molar-refractivity contribution in [3.05, 3.63) is 59.6 Å². The third-order valence-corrected chi connectivity index (χ3v) is 6.66. The standard InChI is InChI=1S/C27H32ClN7O3/c1-27(2,3)38-26(36)34-13-5-4-6-20(34)9-11-30-25-24-22(10-12-31-25)37-23(33-24)15-18-14-19(28)7-8-21(18)35-17-29-16-32-35/h7-8,10,12,14,16-17,20H,4-6,9,11,13,15H2,1-3H3,(H,30,31). The van der Waals surface area contributed by atoms with E-state index in [1.165, 1.54) is 6.33 Å². The van der Waals surface area contributed by atoms with Crippen LogP contribution in [-0.4, -0.2) is 60.5 Å². The van der Waals surface area contributed by atoms with Crippen molar-refractivity contribution in [1.82, 2.24) is 29.6 Å². The molecule has 0 aliphatic carbocycles. The van der Waals surface area contributed by atoms with E-state index in [2.05, 4.69) is 20.4 Å². The number of amides is 1. The topological polar surface area (TPSA) is 111 Å². The van der Waals surface area contributed by atoms with Crippen LogP contribution in [0.5, 0.6) is 0 Å². The smallest absolute Gasteiger partial charge is 0.410 e. The average Bonchev–Trinajstić information content (AvgIpc) is 3.54. The number of hydrogen-bond acceptors (Lipinski definition) is 8. The molecule has 0 spiro atoms. The van der Waals surface area contributed by atoms with Crippen molar-refractivity contribution < 1.29 is 13.9 Å². The summed E-state index contributed by atoms with van der Waals surface area (Å²) in [5.74, 6) is 1.20. The summed E-state index contributed by atoms with van der Waals surface area (Å²) in [5.41, 5.74) is 2.57. The maximum absolute atomic E-state index is 12.7. The molecule has 1 unspecified atom stereocenters. The minimum absolute atomic E-state index is 0.121. The first-order chi connectivity index (χ1) is 18.3. The Morgan fingerprint density at radius 1 is 1.26 bits per heavy atom. The molecule has 0 bridgehead atoms. The highest BCUT2D eigenvalue weighted by Gasteiger charge is 2.30. The number of ether oxygens (including phenoxy) is 1. The fraction of sp³-hybridized carbons (Fsp3) is 0.444. The highest BCUT2D eigenvalue weighted by atomic mass is 35.5. The zero-order valence-electron chi connectivity index (χ0n) is 21.9. The molecule has 1 N–H and O–H groups in total. The molecule has 1 aromatic carbocycles. The lowest BCUT2D eigenvalue weighted by Crippen LogP contribution is -2.46. The van der Waals surface area contributed by atoms with Crippen LogP contribution in [0, 0.1) is 0 Å². The van der Waals surface area contributed by atoms with Gasteiger partial charge in [0.05, 0.1) is 12.1 Å². The van der Waals surface area contributed by atoms with E-state index in [1.807, 2.05) is 43.9 Å². The molecular weight excluding hydrogens is 506 g/mol. The molecule has 4 heterocycles. The number of aromatic nitrogens is 5. The molecule has 1 aliphatic heterocycles. The Kier molecular flexibility index (Phi) is 7.51. The Hall–Kier alpha value is -3.66. The predicted molar refractivity (Wildman–Crippen MR) is 145 cm³/mol. The molecule has 0 radical (unpaired) electrons. The van der Waals surface area contributed by atoms with Crippen LogP contribution in [-0.2, 0) is 11.2 Å². The molecule has 3 aromatic heterocycles. The summed E-state index contributed by atoms with van der Waals surface area (Å²) in [7, 11) is 0. The quantitative estimate of drug-likeness (QED) is 0.322. The normalized spacial score (nSPS) is 16.1. The van der Waals surface area contributed by atoms with Gasteiger partial charge in [0.25, 0.3) is 0 Å². The number of benzene rings is 1. The van der Waals surface area contributed by atoms with Crippen molar-refractivity contribution in [2.24, 2.45) is 0 Å². The lowest BCUT2D eigenvalue weighted by molar-refractivity contribution is 0.00929. The molecule has 1 fully saturated rings. The number of carbonyl (C=O) groups excluding carboxylic acids is 1. The van der Waals surface area contributed by atoms with Gasteiger partial charge in [0.1, 0.15) is 18.3 Å². The second-order valence-corrected chi connectivity index (χ2v) is 10.9. The van der Waals surface area contributed by atoms with E-state index in [4.69, 9.17) is 25.7 Å². The number of fused-ring (bicyclic) bond motifs is 1. The molecule has 10 nitrogen and oxygen atoms in total. The van der Waals surface area contributed by atoms with Gasteiger partial charge in [-0.05, 0) is 70.2 Å². The van der Waals surface area contributed by atoms with Gasteiger partial charge < -0.3 is 19.4 Å². The fourth-order valence-corrected chi connectivity index (χ4v) is 4.93. The zero-order chi connectivity index (χ0) is 26.7. The molecule has 200 valence electrons. The van der Waals surface area contributed by atoms with E-state index in [1.54, 1.807) is 23.3 Å². The van der Waals surface area contributed by atoms with Gasteiger partial charge in [-0.15, -0.1) is 0 Å². The van der Waals surface area contributed by atoms with E-state index in [0.717, 1.165) is 43.5 Å². The monoisotopic (exact) mass is 537 g/mol. The van der Waals surface area contributed by atoms with Crippen molar-refractivity contribution in [2.75, 3.05) is 18.4 Å². The molecule has 1 aliphatic rings. The van der Waals surface area contributed by atoms with Gasteiger partial charge in [-0.1, -0.05) is 11.6 Å². The first kappa shape index (κ1) is 26.0. The Morgan fingerprint density at radius 2 is 2.13 bits per heavy atom. The lowest BCUT2D eigenvalue weighted by atomic mass is 10.00. The summed E-state index contributed by atoms with van der Waals surface area (Å²) in [5, 5.41) is 8.26. The van der Waals surface area contributed by atoms with Crippen LogP contribution >= 0.6 is 11.6 Å². The summed E-state index contributed by atoms with van der Waals surface area (Å²) >= 11 is 6.28. The summed E-state index contributed by atoms with van der Waals surface area (Å²) in [6.45, 7) is 7.05. The number of pyridine rings is 1. The summed E-state index contributed by atoms with van der Waals surface area (Å²) in [4.78, 5) is 27.9. The molecule has 5 rings (SSSR count). The molecule has 11 heteroatoms. The van der Waals surface area contributed by atoms with Crippen LogP contribution in [0.1, 0.15) is 57.9 Å². The Bertz CT molecular complexity index is 1400. The second kappa shape index (κ2) is 11.0. The number of anilines is 1. The van der Waals surface area contributed by atoms with Crippen LogP contribution in [0.2, 0.25) is 5.02 Å². The SMILES string of the molecule is CC(C)(C)OC(=O)N1CCCCC1CCNc1nccc2oc(Cc3cc(Cl)ccc3-n3cncn3)nc12. The number of carbonyl (C=O) groups is 1. The third kappa shape index (κ3) is 6.07. The highest BCUT2D eigenvalue weighted by molar-refractivity contribution is 6.30. The van der Waals surface area contributed by atoms with Gasteiger partial charge in [0, 0.05) is 36.4 Å². The Morgan fingerprint density at radius 3 is 2.92 bits per heavy atom. The average molecular weight is 538 g/mol. The van der Waals surface area contributed by atoms with Gasteiger partial charge in [-0.3, -0.25) is 0 Å². The number of likely N-dealkylation sites (tertiary alicyclic amines) is 1. The van der Waals surface area contributed by atoms with Crippen LogP contribution in [0.3, 0.4) is 0 Å². The van der Waals surface area contributed by atoms with E-state index in [-0.39, 0.29) is 12.1 Å². The van der Waals surface area contributed by atoms with Crippen LogP contribution in [0.4, 0.5) is 10.6 Å². The van der Waals surface area contributed by atoms with Gasteiger partial charge >= 0.3 is 6.09 Å². The number of nitrogens with one attached hydrogen (secondary N) is 1. The fourth-order valence-electron chi connectivity index (χ4n) is 4.74. The molecule has 1 saturated heterocycles. The van der Waals surface area contributed by atoms with Crippen LogP contribution < -0.4 is 5.32 Å². The predicted octanol–water partition coefficient (Wildman–Crippen LogP) is 5.64. The highest BCUT2D eigenvalue weighted by Crippen LogP contribution is 2.27.